The maximum atomic E-state index is 14.7. The van der Waals surface area contributed by atoms with Crippen molar-refractivity contribution in [3.63, 3.8) is 0 Å². The van der Waals surface area contributed by atoms with Crippen molar-refractivity contribution in [2.75, 3.05) is 44.6 Å². The molecule has 0 bridgehead atoms. The zero-order chi connectivity index (χ0) is 30.3. The quantitative estimate of drug-likeness (QED) is 0.213. The summed E-state index contributed by atoms with van der Waals surface area (Å²) >= 11 is 0. The highest BCUT2D eigenvalue weighted by atomic mass is 19.3. The summed E-state index contributed by atoms with van der Waals surface area (Å²) in [6, 6.07) is 11.6. The number of benzene rings is 2. The summed E-state index contributed by atoms with van der Waals surface area (Å²) in [5.41, 5.74) is 2.24. The Kier molecular flexibility index (Phi) is 10.1. The third-order valence-corrected chi connectivity index (χ3v) is 7.36. The second-order valence-corrected chi connectivity index (χ2v) is 10.5. The third kappa shape index (κ3) is 8.27. The number of ketones is 2. The van der Waals surface area contributed by atoms with Gasteiger partial charge in [0.1, 0.15) is 17.9 Å². The number of nitrogens with zero attached hydrogens (tertiary/aromatic N) is 4. The number of alkyl halides is 2. The first-order chi connectivity index (χ1) is 20.0. The average Bonchev–Trinajstić information content (AvgIpc) is 2.97. The Bertz CT molecular complexity index is 1430. The molecule has 0 spiro atoms. The van der Waals surface area contributed by atoms with Gasteiger partial charge >= 0.3 is 0 Å². The first-order valence-corrected chi connectivity index (χ1v) is 14.0. The van der Waals surface area contributed by atoms with Crippen LogP contribution in [0.5, 0.6) is 11.6 Å². The molecule has 0 aliphatic carbocycles. The number of halogens is 2. The molecule has 0 atom stereocenters. The molecule has 1 fully saturated rings. The molecule has 2 aromatic carbocycles. The van der Waals surface area contributed by atoms with E-state index in [0.717, 1.165) is 45.2 Å². The highest BCUT2D eigenvalue weighted by Crippen LogP contribution is 2.32. The molecule has 2 heterocycles. The number of likely N-dealkylation sites (N-methyl/N-ethyl adjacent to an activating group) is 1. The van der Waals surface area contributed by atoms with E-state index in [4.69, 9.17) is 4.74 Å². The lowest BCUT2D eigenvalue weighted by molar-refractivity contribution is -0.113. The van der Waals surface area contributed by atoms with E-state index >= 15 is 0 Å². The summed E-state index contributed by atoms with van der Waals surface area (Å²) in [7, 11) is 0. The highest BCUT2D eigenvalue weighted by Gasteiger charge is 2.29. The van der Waals surface area contributed by atoms with Crippen LogP contribution in [0.1, 0.15) is 46.5 Å². The van der Waals surface area contributed by atoms with E-state index in [9.17, 15) is 18.4 Å². The van der Waals surface area contributed by atoms with Crippen molar-refractivity contribution in [3.05, 3.63) is 89.3 Å². The van der Waals surface area contributed by atoms with Gasteiger partial charge < -0.3 is 15.0 Å². The molecule has 1 N–H and O–H groups in total. The molecule has 4 rings (SSSR count). The average molecular weight is 578 g/mol. The number of carbonyl (C=O) groups excluding carboxylic acids is 2. The van der Waals surface area contributed by atoms with Crippen LogP contribution in [0.15, 0.2) is 61.4 Å². The summed E-state index contributed by atoms with van der Waals surface area (Å²) in [5.74, 6) is -2.39. The summed E-state index contributed by atoms with van der Waals surface area (Å²) in [4.78, 5) is 37.5. The van der Waals surface area contributed by atoms with Crippen LogP contribution in [0.25, 0.3) is 0 Å². The monoisotopic (exact) mass is 577 g/mol. The number of hydrogen-bond acceptors (Lipinski definition) is 8. The Morgan fingerprint density at radius 2 is 1.81 bits per heavy atom. The van der Waals surface area contributed by atoms with Crippen molar-refractivity contribution in [1.29, 1.82) is 0 Å². The van der Waals surface area contributed by atoms with Gasteiger partial charge in [-0.15, -0.1) is 0 Å². The first-order valence-electron chi connectivity index (χ1n) is 14.0. The lowest BCUT2D eigenvalue weighted by Gasteiger charge is -2.34. The smallest absolute Gasteiger partial charge is 0.270 e. The molecule has 0 unspecified atom stereocenters. The van der Waals surface area contributed by atoms with Gasteiger partial charge in [0.05, 0.1) is 6.54 Å². The Labute approximate surface area is 245 Å². The van der Waals surface area contributed by atoms with Crippen LogP contribution in [0.3, 0.4) is 0 Å². The van der Waals surface area contributed by atoms with Crippen molar-refractivity contribution < 1.29 is 23.1 Å². The van der Waals surface area contributed by atoms with Gasteiger partial charge in [-0.05, 0) is 48.4 Å². The summed E-state index contributed by atoms with van der Waals surface area (Å²) in [6.45, 7) is 13.3. The molecule has 3 aromatic rings. The molecule has 222 valence electrons. The Morgan fingerprint density at radius 3 is 2.50 bits per heavy atom. The Hall–Kier alpha value is -4.02. The number of rotatable bonds is 13. The fourth-order valence-electron chi connectivity index (χ4n) is 4.81. The van der Waals surface area contributed by atoms with E-state index in [1.54, 1.807) is 36.4 Å². The van der Waals surface area contributed by atoms with Crippen molar-refractivity contribution in [2.24, 2.45) is 0 Å². The molecule has 1 aliphatic heterocycles. The fourth-order valence-corrected chi connectivity index (χ4v) is 4.81. The van der Waals surface area contributed by atoms with Crippen molar-refractivity contribution in [3.8, 4) is 11.6 Å². The predicted molar refractivity (Wildman–Crippen MR) is 158 cm³/mol. The van der Waals surface area contributed by atoms with Gasteiger partial charge in [0.25, 0.3) is 5.92 Å². The number of carbonyl (C=O) groups is 2. The lowest BCUT2D eigenvalue weighted by atomic mass is 9.95. The van der Waals surface area contributed by atoms with Gasteiger partial charge in [0.2, 0.25) is 5.88 Å². The molecule has 1 saturated heterocycles. The van der Waals surface area contributed by atoms with Gasteiger partial charge in [-0.3, -0.25) is 14.5 Å². The Morgan fingerprint density at radius 1 is 1.07 bits per heavy atom. The number of hydrogen-bond donors (Lipinski definition) is 1. The van der Waals surface area contributed by atoms with Gasteiger partial charge in [-0.2, -0.15) is 0 Å². The van der Waals surface area contributed by atoms with Crippen LogP contribution >= 0.6 is 0 Å². The molecular formula is C32H37F2N5O3. The second kappa shape index (κ2) is 13.8. The molecule has 0 amide bonds. The highest BCUT2D eigenvalue weighted by molar-refractivity contribution is 5.98. The van der Waals surface area contributed by atoms with E-state index < -0.39 is 5.92 Å². The van der Waals surface area contributed by atoms with E-state index in [-0.39, 0.29) is 36.0 Å². The largest absolute Gasteiger partial charge is 0.439 e. The summed E-state index contributed by atoms with van der Waals surface area (Å²) in [5, 5.41) is 2.87. The van der Waals surface area contributed by atoms with Gasteiger partial charge in [-0.1, -0.05) is 37.8 Å². The summed E-state index contributed by atoms with van der Waals surface area (Å²) in [6.07, 6.45) is 2.49. The van der Waals surface area contributed by atoms with Crippen LogP contribution in [0.4, 0.5) is 14.6 Å². The number of Topliss-reactive ketones (excluding diaryl/α,β-unsaturated/α-hetero) is 1. The normalized spacial score (nSPS) is 14.4. The number of aromatic nitrogens is 2. The molecule has 0 radical (unpaired) electrons. The molecular weight excluding hydrogens is 540 g/mol. The molecule has 42 heavy (non-hydrogen) atoms. The third-order valence-electron chi connectivity index (χ3n) is 7.36. The predicted octanol–water partition coefficient (Wildman–Crippen LogP) is 5.42. The van der Waals surface area contributed by atoms with Gasteiger partial charge in [-0.25, -0.2) is 18.7 Å². The van der Waals surface area contributed by atoms with Crippen LogP contribution < -0.4 is 10.1 Å². The van der Waals surface area contributed by atoms with E-state index in [1.165, 1.54) is 18.5 Å². The van der Waals surface area contributed by atoms with E-state index in [2.05, 4.69) is 38.6 Å². The van der Waals surface area contributed by atoms with E-state index in [1.807, 2.05) is 6.92 Å². The first kappa shape index (κ1) is 30.9. The standard InChI is InChI=1S/C32H37F2N5O3/c1-5-26(40)19-35-30-18-31(37-21-36-30)42-29-17-24(9-7-22(29)3)28(41)16-23-8-10-25(27(15-23)32(4,33)34)20-39-13-11-38(6-2)12-14-39/h5,7-10,15,17-18,21H,1,6,11-14,16,19-20H2,2-4H3,(H,35,36,37). The molecule has 0 saturated carbocycles. The van der Waals surface area contributed by atoms with E-state index in [0.29, 0.717) is 34.8 Å². The fraction of sp³-hybridized carbons (Fsp3) is 0.375. The minimum Gasteiger partial charge on any atom is -0.439 e. The molecule has 1 aliphatic rings. The molecule has 8 nitrogen and oxygen atoms in total. The number of ether oxygens (including phenoxy) is 1. The van der Waals surface area contributed by atoms with Gasteiger partial charge in [0, 0.05) is 63.3 Å². The number of nitrogens with one attached hydrogen (secondary N) is 1. The van der Waals surface area contributed by atoms with Crippen LogP contribution in [0.2, 0.25) is 0 Å². The maximum absolute atomic E-state index is 14.7. The SMILES string of the molecule is C=CC(=O)CNc1cc(Oc2cc(C(=O)Cc3ccc(CN4CCN(CC)CC4)c(C(C)(F)F)c3)ccc2C)ncn1. The zero-order valence-electron chi connectivity index (χ0n) is 24.3. The van der Waals surface area contributed by atoms with Crippen molar-refractivity contribution in [2.45, 2.75) is 39.7 Å². The van der Waals surface area contributed by atoms with Crippen LogP contribution in [-0.2, 0) is 23.7 Å². The minimum absolute atomic E-state index is 0.0278. The molecule has 10 heteroatoms. The van der Waals surface area contributed by atoms with Crippen LogP contribution in [-0.4, -0.2) is 70.6 Å². The number of piperazine rings is 1. The second-order valence-electron chi connectivity index (χ2n) is 10.5. The number of anilines is 1. The lowest BCUT2D eigenvalue weighted by Crippen LogP contribution is -2.45. The minimum atomic E-state index is -3.03. The summed E-state index contributed by atoms with van der Waals surface area (Å²) < 4.78 is 35.3. The van der Waals surface area contributed by atoms with Crippen LogP contribution in [0, 0.1) is 6.92 Å². The van der Waals surface area contributed by atoms with Crippen molar-refractivity contribution >= 4 is 17.4 Å². The molecule has 1 aromatic heterocycles. The topological polar surface area (TPSA) is 87.7 Å². The Balaban J connectivity index is 1.47. The van der Waals surface area contributed by atoms with Gasteiger partial charge in [0.15, 0.2) is 11.6 Å². The maximum Gasteiger partial charge on any atom is 0.270 e. The van der Waals surface area contributed by atoms with Crippen molar-refractivity contribution in [1.82, 2.24) is 19.8 Å². The zero-order valence-corrected chi connectivity index (χ0v) is 24.3. The number of aryl methyl sites for hydroxylation is 1.